The first-order valence-corrected chi connectivity index (χ1v) is 6.02. The molecule has 0 bridgehead atoms. The van der Waals surface area contributed by atoms with E-state index in [2.05, 4.69) is 28.9 Å². The average Bonchev–Trinajstić information content (AvgIpc) is 2.25. The van der Waals surface area contributed by atoms with E-state index in [0.29, 0.717) is 19.8 Å². The van der Waals surface area contributed by atoms with Gasteiger partial charge in [-0.05, 0) is 18.1 Å². The van der Waals surface area contributed by atoms with Crippen molar-refractivity contribution in [2.45, 2.75) is 20.0 Å². The van der Waals surface area contributed by atoms with E-state index in [-0.39, 0.29) is 0 Å². The first kappa shape index (κ1) is 12.7. The van der Waals surface area contributed by atoms with Crippen molar-refractivity contribution in [2.75, 3.05) is 19.8 Å². The molecule has 0 aliphatic rings. The van der Waals surface area contributed by atoms with Crippen LogP contribution in [-0.2, 0) is 16.1 Å². The molecule has 0 fully saturated rings. The normalized spacial score (nSPS) is 10.5. The van der Waals surface area contributed by atoms with Gasteiger partial charge in [0.15, 0.2) is 0 Å². The molecular weight excluding hydrogens is 256 g/mol. The van der Waals surface area contributed by atoms with Gasteiger partial charge in [0.1, 0.15) is 0 Å². The number of ether oxygens (including phenoxy) is 2. The molecule has 0 amide bonds. The minimum Gasteiger partial charge on any atom is -0.379 e. The number of rotatable bonds is 7. The average molecular weight is 273 g/mol. The Labute approximate surface area is 99.7 Å². The van der Waals surface area contributed by atoms with Gasteiger partial charge in [-0.3, -0.25) is 0 Å². The third-order valence-electron chi connectivity index (χ3n) is 1.94. The molecule has 15 heavy (non-hydrogen) atoms. The van der Waals surface area contributed by atoms with Crippen molar-refractivity contribution in [3.63, 3.8) is 0 Å². The fourth-order valence-corrected chi connectivity index (χ4v) is 1.56. The largest absolute Gasteiger partial charge is 0.379 e. The van der Waals surface area contributed by atoms with Crippen LogP contribution >= 0.6 is 15.9 Å². The fraction of sp³-hybridized carbons (Fsp3) is 0.500. The van der Waals surface area contributed by atoms with Crippen molar-refractivity contribution in [3.05, 3.63) is 34.3 Å². The highest BCUT2D eigenvalue weighted by molar-refractivity contribution is 9.10. The quantitative estimate of drug-likeness (QED) is 0.709. The van der Waals surface area contributed by atoms with Crippen LogP contribution in [0.25, 0.3) is 0 Å². The summed E-state index contributed by atoms with van der Waals surface area (Å²) in [5.74, 6) is 0. The molecule has 0 saturated heterocycles. The van der Waals surface area contributed by atoms with Gasteiger partial charge in [0.05, 0.1) is 19.8 Å². The molecule has 1 aromatic rings. The highest BCUT2D eigenvalue weighted by Gasteiger charge is 1.97. The van der Waals surface area contributed by atoms with Gasteiger partial charge in [0.25, 0.3) is 0 Å². The third kappa shape index (κ3) is 5.30. The Hall–Kier alpha value is -0.380. The maximum absolute atomic E-state index is 5.49. The van der Waals surface area contributed by atoms with Gasteiger partial charge in [-0.2, -0.15) is 0 Å². The van der Waals surface area contributed by atoms with Crippen LogP contribution in [-0.4, -0.2) is 19.8 Å². The first-order valence-electron chi connectivity index (χ1n) is 5.23. The summed E-state index contributed by atoms with van der Waals surface area (Å²) in [5.41, 5.74) is 1.17. The summed E-state index contributed by atoms with van der Waals surface area (Å²) in [7, 11) is 0. The smallest absolute Gasteiger partial charge is 0.0728 e. The fourth-order valence-electron chi connectivity index (χ4n) is 1.16. The molecule has 0 aliphatic heterocycles. The Morgan fingerprint density at radius 3 is 2.53 bits per heavy atom. The summed E-state index contributed by atoms with van der Waals surface area (Å²) in [6.07, 6.45) is 1.06. The number of hydrogen-bond acceptors (Lipinski definition) is 2. The molecule has 0 N–H and O–H groups in total. The second kappa shape index (κ2) is 7.85. The molecule has 2 nitrogen and oxygen atoms in total. The highest BCUT2D eigenvalue weighted by atomic mass is 79.9. The Kier molecular flexibility index (Phi) is 6.64. The van der Waals surface area contributed by atoms with Crippen molar-refractivity contribution in [2.24, 2.45) is 0 Å². The lowest BCUT2D eigenvalue weighted by Gasteiger charge is -2.06. The minimum atomic E-state index is 0.636. The lowest BCUT2D eigenvalue weighted by Crippen LogP contribution is -2.05. The van der Waals surface area contributed by atoms with Gasteiger partial charge in [-0.25, -0.2) is 0 Å². The van der Waals surface area contributed by atoms with Crippen molar-refractivity contribution < 1.29 is 9.47 Å². The first-order chi connectivity index (χ1) is 7.34. The Morgan fingerprint density at radius 1 is 1.07 bits per heavy atom. The van der Waals surface area contributed by atoms with Crippen LogP contribution < -0.4 is 0 Å². The van der Waals surface area contributed by atoms with Crippen molar-refractivity contribution >= 4 is 15.9 Å². The standard InChI is InChI=1S/C12H17BrO2/c1-2-7-14-8-9-15-10-11-5-3-4-6-12(11)13/h3-6H,2,7-10H2,1H3. The monoisotopic (exact) mass is 272 g/mol. The van der Waals surface area contributed by atoms with E-state index in [9.17, 15) is 0 Å². The molecule has 0 saturated carbocycles. The number of benzene rings is 1. The zero-order valence-electron chi connectivity index (χ0n) is 9.04. The topological polar surface area (TPSA) is 18.5 Å². The molecule has 0 aromatic heterocycles. The summed E-state index contributed by atoms with van der Waals surface area (Å²) in [5, 5.41) is 0. The van der Waals surface area contributed by atoms with Crippen molar-refractivity contribution in [1.29, 1.82) is 0 Å². The van der Waals surface area contributed by atoms with Crippen LogP contribution in [0.5, 0.6) is 0 Å². The van der Waals surface area contributed by atoms with E-state index in [4.69, 9.17) is 9.47 Å². The van der Waals surface area contributed by atoms with E-state index in [0.717, 1.165) is 17.5 Å². The van der Waals surface area contributed by atoms with Gasteiger partial charge in [-0.1, -0.05) is 41.1 Å². The predicted molar refractivity (Wildman–Crippen MR) is 64.9 cm³/mol. The number of halogens is 1. The molecular formula is C12H17BrO2. The third-order valence-corrected chi connectivity index (χ3v) is 2.71. The molecule has 0 aliphatic carbocycles. The summed E-state index contributed by atoms with van der Waals surface area (Å²) < 4.78 is 11.9. The zero-order valence-corrected chi connectivity index (χ0v) is 10.6. The summed E-state index contributed by atoms with van der Waals surface area (Å²) in [6.45, 7) is 4.89. The zero-order chi connectivity index (χ0) is 10.9. The Balaban J connectivity index is 2.12. The maximum atomic E-state index is 5.49. The highest BCUT2D eigenvalue weighted by Crippen LogP contribution is 2.16. The maximum Gasteiger partial charge on any atom is 0.0728 e. The van der Waals surface area contributed by atoms with E-state index in [1.807, 2.05) is 18.2 Å². The molecule has 1 rings (SSSR count). The molecule has 0 atom stereocenters. The Bertz CT molecular complexity index is 276. The lowest BCUT2D eigenvalue weighted by molar-refractivity contribution is 0.0406. The van der Waals surface area contributed by atoms with Crippen LogP contribution in [0.2, 0.25) is 0 Å². The van der Waals surface area contributed by atoms with E-state index >= 15 is 0 Å². The van der Waals surface area contributed by atoms with E-state index < -0.39 is 0 Å². The van der Waals surface area contributed by atoms with Crippen LogP contribution in [0.3, 0.4) is 0 Å². The molecule has 3 heteroatoms. The Morgan fingerprint density at radius 2 is 1.80 bits per heavy atom. The van der Waals surface area contributed by atoms with Crippen molar-refractivity contribution in [1.82, 2.24) is 0 Å². The molecule has 1 aromatic carbocycles. The second-order valence-corrected chi connectivity index (χ2v) is 4.11. The van der Waals surface area contributed by atoms with Gasteiger partial charge in [0.2, 0.25) is 0 Å². The minimum absolute atomic E-state index is 0.636. The van der Waals surface area contributed by atoms with Crippen LogP contribution in [0.4, 0.5) is 0 Å². The van der Waals surface area contributed by atoms with E-state index in [1.54, 1.807) is 0 Å². The second-order valence-electron chi connectivity index (χ2n) is 3.26. The van der Waals surface area contributed by atoms with Crippen LogP contribution in [0, 0.1) is 0 Å². The van der Waals surface area contributed by atoms with Gasteiger partial charge in [0, 0.05) is 11.1 Å². The van der Waals surface area contributed by atoms with Gasteiger partial charge in [-0.15, -0.1) is 0 Å². The summed E-state index contributed by atoms with van der Waals surface area (Å²) in [4.78, 5) is 0. The SMILES string of the molecule is CCCOCCOCc1ccccc1Br. The lowest BCUT2D eigenvalue weighted by atomic mass is 10.2. The summed E-state index contributed by atoms with van der Waals surface area (Å²) in [6, 6.07) is 8.08. The van der Waals surface area contributed by atoms with Crippen LogP contribution in [0.1, 0.15) is 18.9 Å². The predicted octanol–water partition coefficient (Wildman–Crippen LogP) is 3.39. The molecule has 0 spiro atoms. The van der Waals surface area contributed by atoms with Gasteiger partial charge >= 0.3 is 0 Å². The van der Waals surface area contributed by atoms with Crippen molar-refractivity contribution in [3.8, 4) is 0 Å². The summed E-state index contributed by atoms with van der Waals surface area (Å²) >= 11 is 3.48. The molecule has 84 valence electrons. The van der Waals surface area contributed by atoms with Crippen LogP contribution in [0.15, 0.2) is 28.7 Å². The van der Waals surface area contributed by atoms with E-state index in [1.165, 1.54) is 5.56 Å². The molecule has 0 unspecified atom stereocenters. The van der Waals surface area contributed by atoms with Gasteiger partial charge < -0.3 is 9.47 Å². The molecule has 0 radical (unpaired) electrons. The molecule has 0 heterocycles. The number of hydrogen-bond donors (Lipinski definition) is 0.